The van der Waals surface area contributed by atoms with Gasteiger partial charge in [-0.05, 0) is 31.9 Å². The fourth-order valence-electron chi connectivity index (χ4n) is 1.55. The largest absolute Gasteiger partial charge is 0.342 e. The van der Waals surface area contributed by atoms with Gasteiger partial charge in [-0.3, -0.25) is 9.59 Å². The number of aromatic nitrogens is 1. The van der Waals surface area contributed by atoms with E-state index in [0.717, 1.165) is 17.7 Å². The Labute approximate surface area is 95.3 Å². The first kappa shape index (κ1) is 12.5. The maximum Gasteiger partial charge on any atom is 0.261 e. The van der Waals surface area contributed by atoms with Crippen molar-refractivity contribution in [2.24, 2.45) is 0 Å². The molecule has 1 amide bonds. The van der Waals surface area contributed by atoms with E-state index in [9.17, 15) is 9.59 Å². The zero-order valence-corrected chi connectivity index (χ0v) is 10.3. The molecule has 1 heterocycles. The van der Waals surface area contributed by atoms with E-state index in [4.69, 9.17) is 0 Å². The number of hydrogen-bond donors (Lipinski definition) is 1. The topological polar surface area (TPSA) is 53.2 Å². The lowest BCUT2D eigenvalue weighted by atomic mass is 10.1. The number of amides is 1. The molecule has 0 radical (unpaired) electrons. The van der Waals surface area contributed by atoms with E-state index in [1.165, 1.54) is 4.90 Å². The Hall–Kier alpha value is -1.58. The molecule has 1 rings (SSSR count). The summed E-state index contributed by atoms with van der Waals surface area (Å²) in [5.74, 6) is -0.227. The van der Waals surface area contributed by atoms with Gasteiger partial charge in [0.2, 0.25) is 0 Å². The number of aryl methyl sites for hydroxylation is 2. The Balaban J connectivity index is 3.21. The zero-order valence-electron chi connectivity index (χ0n) is 10.3. The smallest absolute Gasteiger partial charge is 0.261 e. The average Bonchev–Trinajstić information content (AvgIpc) is 2.29. The second kappa shape index (κ2) is 4.96. The summed E-state index contributed by atoms with van der Waals surface area (Å²) < 4.78 is 0. The molecule has 0 bridgehead atoms. The van der Waals surface area contributed by atoms with Crippen LogP contribution in [0.15, 0.2) is 10.9 Å². The van der Waals surface area contributed by atoms with Crippen molar-refractivity contribution in [3.8, 4) is 0 Å². The maximum absolute atomic E-state index is 11.9. The molecule has 1 aromatic heterocycles. The molecule has 0 atom stereocenters. The number of carbonyl (C=O) groups is 1. The van der Waals surface area contributed by atoms with Gasteiger partial charge in [-0.15, -0.1) is 0 Å². The van der Waals surface area contributed by atoms with E-state index in [1.54, 1.807) is 13.1 Å². The van der Waals surface area contributed by atoms with Gasteiger partial charge >= 0.3 is 0 Å². The van der Waals surface area contributed by atoms with Crippen LogP contribution < -0.4 is 5.56 Å². The molecule has 4 nitrogen and oxygen atoms in total. The summed E-state index contributed by atoms with van der Waals surface area (Å²) in [6.45, 7) is 6.33. The van der Waals surface area contributed by atoms with Crippen molar-refractivity contribution in [2.75, 3.05) is 13.6 Å². The molecule has 0 aromatic carbocycles. The molecule has 0 aliphatic heterocycles. The molecular weight excluding hydrogens is 204 g/mol. The first-order valence-electron chi connectivity index (χ1n) is 5.49. The summed E-state index contributed by atoms with van der Waals surface area (Å²) in [7, 11) is 1.69. The molecule has 0 fully saturated rings. The SMILES string of the molecule is CCc1[nH]c(=O)c(C(=O)N(C)CC)cc1C. The van der Waals surface area contributed by atoms with Gasteiger partial charge in [0.1, 0.15) is 5.56 Å². The van der Waals surface area contributed by atoms with Gasteiger partial charge in [0.05, 0.1) is 0 Å². The molecule has 0 spiro atoms. The van der Waals surface area contributed by atoms with Crippen molar-refractivity contribution in [3.05, 3.63) is 33.2 Å². The second-order valence-electron chi connectivity index (χ2n) is 3.85. The average molecular weight is 222 g/mol. The molecular formula is C12H18N2O2. The number of pyridine rings is 1. The van der Waals surface area contributed by atoms with Crippen LogP contribution in [0.1, 0.15) is 35.5 Å². The van der Waals surface area contributed by atoms with Crippen molar-refractivity contribution in [1.82, 2.24) is 9.88 Å². The van der Waals surface area contributed by atoms with Crippen molar-refractivity contribution in [1.29, 1.82) is 0 Å². The Bertz CT molecular complexity index is 449. The highest BCUT2D eigenvalue weighted by Gasteiger charge is 2.15. The number of aromatic amines is 1. The summed E-state index contributed by atoms with van der Waals surface area (Å²) in [5.41, 5.74) is 1.77. The fraction of sp³-hybridized carbons (Fsp3) is 0.500. The summed E-state index contributed by atoms with van der Waals surface area (Å²) >= 11 is 0. The lowest BCUT2D eigenvalue weighted by Gasteiger charge is -2.14. The molecule has 1 N–H and O–H groups in total. The lowest BCUT2D eigenvalue weighted by Crippen LogP contribution is -2.32. The summed E-state index contributed by atoms with van der Waals surface area (Å²) in [5, 5.41) is 0. The predicted octanol–water partition coefficient (Wildman–Crippen LogP) is 1.34. The Morgan fingerprint density at radius 1 is 1.44 bits per heavy atom. The third kappa shape index (κ3) is 2.32. The molecule has 0 aliphatic carbocycles. The Morgan fingerprint density at radius 2 is 2.06 bits per heavy atom. The van der Waals surface area contributed by atoms with Crippen LogP contribution in [0.4, 0.5) is 0 Å². The van der Waals surface area contributed by atoms with Crippen LogP contribution in [-0.4, -0.2) is 29.4 Å². The Morgan fingerprint density at radius 3 is 2.56 bits per heavy atom. The van der Waals surface area contributed by atoms with Crippen LogP contribution >= 0.6 is 0 Å². The second-order valence-corrected chi connectivity index (χ2v) is 3.85. The van der Waals surface area contributed by atoms with Crippen molar-refractivity contribution < 1.29 is 4.79 Å². The van der Waals surface area contributed by atoms with Gasteiger partial charge in [-0.25, -0.2) is 0 Å². The van der Waals surface area contributed by atoms with Gasteiger partial charge in [0.15, 0.2) is 0 Å². The van der Waals surface area contributed by atoms with Gasteiger partial charge in [0.25, 0.3) is 11.5 Å². The molecule has 16 heavy (non-hydrogen) atoms. The number of H-pyrrole nitrogens is 1. The molecule has 4 heteroatoms. The van der Waals surface area contributed by atoms with Crippen molar-refractivity contribution in [2.45, 2.75) is 27.2 Å². The van der Waals surface area contributed by atoms with Crippen molar-refractivity contribution >= 4 is 5.91 Å². The third-order valence-electron chi connectivity index (χ3n) is 2.75. The van der Waals surface area contributed by atoms with E-state index < -0.39 is 0 Å². The highest BCUT2D eigenvalue weighted by molar-refractivity contribution is 5.93. The number of carbonyl (C=O) groups excluding carboxylic acids is 1. The Kier molecular flexibility index (Phi) is 3.88. The zero-order chi connectivity index (χ0) is 12.3. The summed E-state index contributed by atoms with van der Waals surface area (Å²) in [4.78, 5) is 27.8. The van der Waals surface area contributed by atoms with Crippen LogP contribution in [0.2, 0.25) is 0 Å². The molecule has 0 saturated heterocycles. The number of rotatable bonds is 3. The van der Waals surface area contributed by atoms with Crippen LogP contribution in [0, 0.1) is 6.92 Å². The van der Waals surface area contributed by atoms with Crippen LogP contribution in [-0.2, 0) is 6.42 Å². The normalized spacial score (nSPS) is 10.2. The minimum absolute atomic E-state index is 0.221. The highest BCUT2D eigenvalue weighted by atomic mass is 16.2. The maximum atomic E-state index is 11.9. The van der Waals surface area contributed by atoms with Crippen molar-refractivity contribution in [3.63, 3.8) is 0 Å². The quantitative estimate of drug-likeness (QED) is 0.839. The first-order valence-corrected chi connectivity index (χ1v) is 5.49. The predicted molar refractivity (Wildman–Crippen MR) is 63.8 cm³/mol. The number of nitrogens with zero attached hydrogens (tertiary/aromatic N) is 1. The molecule has 0 aliphatic rings. The standard InChI is InChI=1S/C12H18N2O2/c1-5-10-8(3)7-9(11(15)13-10)12(16)14(4)6-2/h7H,5-6H2,1-4H3,(H,13,15). The molecule has 0 saturated carbocycles. The molecule has 88 valence electrons. The minimum atomic E-state index is -0.298. The van der Waals surface area contributed by atoms with Gasteiger partial charge in [-0.1, -0.05) is 6.92 Å². The van der Waals surface area contributed by atoms with Gasteiger partial charge in [0, 0.05) is 19.3 Å². The van der Waals surface area contributed by atoms with E-state index in [1.807, 2.05) is 20.8 Å². The fourth-order valence-corrected chi connectivity index (χ4v) is 1.55. The minimum Gasteiger partial charge on any atom is -0.342 e. The van der Waals surface area contributed by atoms with Gasteiger partial charge < -0.3 is 9.88 Å². The van der Waals surface area contributed by atoms with E-state index in [0.29, 0.717) is 6.54 Å². The van der Waals surface area contributed by atoms with E-state index in [-0.39, 0.29) is 17.0 Å². The molecule has 0 unspecified atom stereocenters. The third-order valence-corrected chi connectivity index (χ3v) is 2.75. The van der Waals surface area contributed by atoms with Crippen LogP contribution in [0.5, 0.6) is 0 Å². The summed E-state index contributed by atoms with van der Waals surface area (Å²) in [6, 6.07) is 1.67. The van der Waals surface area contributed by atoms with Crippen LogP contribution in [0.25, 0.3) is 0 Å². The first-order chi connectivity index (χ1) is 7.51. The summed E-state index contributed by atoms with van der Waals surface area (Å²) in [6.07, 6.45) is 0.763. The monoisotopic (exact) mass is 222 g/mol. The number of hydrogen-bond acceptors (Lipinski definition) is 2. The number of nitrogens with one attached hydrogen (secondary N) is 1. The lowest BCUT2D eigenvalue weighted by molar-refractivity contribution is 0.0800. The molecule has 1 aromatic rings. The van der Waals surface area contributed by atoms with E-state index in [2.05, 4.69) is 4.98 Å². The van der Waals surface area contributed by atoms with Crippen LogP contribution in [0.3, 0.4) is 0 Å². The highest BCUT2D eigenvalue weighted by Crippen LogP contribution is 2.06. The van der Waals surface area contributed by atoms with Gasteiger partial charge in [-0.2, -0.15) is 0 Å². The van der Waals surface area contributed by atoms with E-state index >= 15 is 0 Å².